The number of halogens is 5. The molecule has 1 aromatic heterocycles. The normalized spacial score (nSPS) is 20.0. The topological polar surface area (TPSA) is 71.7 Å². The van der Waals surface area contributed by atoms with E-state index in [9.17, 15) is 27.2 Å². The van der Waals surface area contributed by atoms with E-state index >= 15 is 4.39 Å². The Kier molecular flexibility index (Phi) is 8.94. The molecule has 3 aromatic rings. The van der Waals surface area contributed by atoms with E-state index in [4.69, 9.17) is 0 Å². The average Bonchev–Trinajstić information content (AvgIpc) is 2.97. The molecule has 2 N–H and O–H groups in total. The van der Waals surface area contributed by atoms with Gasteiger partial charge in [0.2, 0.25) is 5.56 Å². The fourth-order valence-corrected chi connectivity index (χ4v) is 5.80. The summed E-state index contributed by atoms with van der Waals surface area (Å²) in [5.41, 5.74) is -0.666. The molecular weight excluding hydrogens is 581 g/mol. The summed E-state index contributed by atoms with van der Waals surface area (Å²) >= 11 is 0. The lowest BCUT2D eigenvalue weighted by atomic mass is 9.96. The van der Waals surface area contributed by atoms with E-state index in [2.05, 4.69) is 20.1 Å². The number of nitrogens with one attached hydrogen (secondary N) is 2. The Morgan fingerprint density at radius 2 is 1.73 bits per heavy atom. The lowest BCUT2D eigenvalue weighted by molar-refractivity contribution is -0.138. The molecule has 2 aliphatic rings. The highest BCUT2D eigenvalue weighted by molar-refractivity contribution is 6.07. The van der Waals surface area contributed by atoms with Crippen molar-refractivity contribution in [1.29, 1.82) is 0 Å². The number of alkyl halides is 3. The van der Waals surface area contributed by atoms with Crippen molar-refractivity contribution in [3.63, 3.8) is 0 Å². The average molecular weight is 616 g/mol. The highest BCUT2D eigenvalue weighted by Crippen LogP contribution is 2.37. The highest BCUT2D eigenvalue weighted by Gasteiger charge is 2.36. The third-order valence-electron chi connectivity index (χ3n) is 8.47. The van der Waals surface area contributed by atoms with Crippen LogP contribution < -0.4 is 15.8 Å². The number of piperazine rings is 1. The molecule has 7 nitrogen and oxygen atoms in total. The molecule has 2 aliphatic heterocycles. The first-order valence-corrected chi connectivity index (χ1v) is 14.4. The van der Waals surface area contributed by atoms with Crippen molar-refractivity contribution in [1.82, 2.24) is 14.8 Å². The number of aromatic amines is 1. The van der Waals surface area contributed by atoms with E-state index in [1.165, 1.54) is 24.3 Å². The Morgan fingerprint density at radius 1 is 1.05 bits per heavy atom. The monoisotopic (exact) mass is 615 g/mol. The molecule has 12 heteroatoms. The lowest BCUT2D eigenvalue weighted by Gasteiger charge is -2.44. The zero-order valence-corrected chi connectivity index (χ0v) is 24.6. The van der Waals surface area contributed by atoms with Crippen LogP contribution in [0.1, 0.15) is 47.3 Å². The van der Waals surface area contributed by atoms with Gasteiger partial charge in [0, 0.05) is 62.6 Å². The van der Waals surface area contributed by atoms with Gasteiger partial charge in [0.1, 0.15) is 11.6 Å². The van der Waals surface area contributed by atoms with E-state index in [-0.39, 0.29) is 29.2 Å². The molecule has 0 bridgehead atoms. The largest absolute Gasteiger partial charge is 0.417 e. The Hall–Kier alpha value is -4.03. The van der Waals surface area contributed by atoms with Crippen molar-refractivity contribution in [2.24, 2.45) is 0 Å². The number of rotatable bonds is 6. The summed E-state index contributed by atoms with van der Waals surface area (Å²) in [6, 6.07) is 9.59. The van der Waals surface area contributed by atoms with Gasteiger partial charge in [0.05, 0.1) is 22.5 Å². The van der Waals surface area contributed by atoms with Gasteiger partial charge in [-0.1, -0.05) is 18.2 Å². The van der Waals surface area contributed by atoms with Crippen LogP contribution in [0.5, 0.6) is 0 Å². The molecule has 2 aromatic carbocycles. The number of pyridine rings is 1. The fraction of sp³-hybridized carbons (Fsp3) is 0.375. The summed E-state index contributed by atoms with van der Waals surface area (Å²) < 4.78 is 70.3. The number of H-pyrrole nitrogens is 1. The number of hydrogen-bond acceptors (Lipinski definition) is 5. The number of hydrogen-bond donors (Lipinski definition) is 2. The van der Waals surface area contributed by atoms with Crippen molar-refractivity contribution in [3.05, 3.63) is 99.0 Å². The summed E-state index contributed by atoms with van der Waals surface area (Å²) in [6.07, 6.45) is -1.82. The molecule has 0 saturated carbocycles. The van der Waals surface area contributed by atoms with Crippen LogP contribution in [-0.4, -0.2) is 66.0 Å². The third kappa shape index (κ3) is 6.86. The van der Waals surface area contributed by atoms with Crippen LogP contribution in [0.25, 0.3) is 5.57 Å². The molecular formula is C32H34F5N5O2. The Balaban J connectivity index is 1.48. The minimum absolute atomic E-state index is 0.0919. The number of nitrogens with zero attached hydrogens (tertiary/aromatic N) is 3. The molecule has 2 atom stereocenters. The van der Waals surface area contributed by atoms with E-state index in [0.29, 0.717) is 56.5 Å². The van der Waals surface area contributed by atoms with Crippen molar-refractivity contribution in [2.75, 3.05) is 43.4 Å². The predicted molar refractivity (Wildman–Crippen MR) is 160 cm³/mol. The Labute approximate surface area is 252 Å². The summed E-state index contributed by atoms with van der Waals surface area (Å²) in [5.74, 6) is -1.90. The van der Waals surface area contributed by atoms with Crippen molar-refractivity contribution < 1.29 is 26.7 Å². The number of amides is 1. The van der Waals surface area contributed by atoms with Gasteiger partial charge in [-0.25, -0.2) is 8.78 Å². The number of anilines is 2. The van der Waals surface area contributed by atoms with Crippen LogP contribution in [0.2, 0.25) is 0 Å². The molecule has 234 valence electrons. The minimum Gasteiger partial charge on any atom is -0.367 e. The molecule has 1 amide bonds. The maximum Gasteiger partial charge on any atom is 0.417 e. The number of benzene rings is 2. The maximum atomic E-state index is 15.8. The first-order chi connectivity index (χ1) is 20.8. The van der Waals surface area contributed by atoms with Crippen molar-refractivity contribution in [3.8, 4) is 0 Å². The predicted octanol–water partition coefficient (Wildman–Crippen LogP) is 5.74. The number of aromatic nitrogens is 1. The molecule has 1 saturated heterocycles. The number of likely N-dealkylation sites (N-methyl/N-ethyl adjacent to an activating group) is 1. The van der Waals surface area contributed by atoms with E-state index < -0.39 is 34.6 Å². The van der Waals surface area contributed by atoms with Crippen LogP contribution in [0.3, 0.4) is 0 Å². The van der Waals surface area contributed by atoms with Crippen molar-refractivity contribution >= 4 is 22.9 Å². The molecule has 0 spiro atoms. The van der Waals surface area contributed by atoms with E-state index in [0.717, 1.165) is 11.8 Å². The van der Waals surface area contributed by atoms with Gasteiger partial charge in [-0.15, -0.1) is 0 Å². The molecule has 5 rings (SSSR count). The summed E-state index contributed by atoms with van der Waals surface area (Å²) in [6.45, 7) is 6.76. The number of carbonyl (C=O) groups excluding carboxylic acids is 1. The molecule has 0 aliphatic carbocycles. The standard InChI is InChI=1S/C32H34F5N5O2/c1-19-16-42(17-20(2)40(19)3)29-14-27(34)24(22-8-10-41(11-9-22)18-21-4-6-23(33)7-5-21)12-28(29)39-31(44)25-15-38-30(43)13-26(25)32(35,36)37/h4-8,12-15,19-20H,9-11,16-18H2,1-3H3,(H,38,43)(H,39,44). The van der Waals surface area contributed by atoms with Gasteiger partial charge in [-0.2, -0.15) is 13.2 Å². The summed E-state index contributed by atoms with van der Waals surface area (Å²) in [5, 5.41) is 2.60. The molecule has 1 fully saturated rings. The second-order valence-electron chi connectivity index (χ2n) is 11.5. The minimum atomic E-state index is -4.94. The second kappa shape index (κ2) is 12.5. The smallest absolute Gasteiger partial charge is 0.367 e. The van der Waals surface area contributed by atoms with Gasteiger partial charge in [-0.05, 0) is 62.7 Å². The zero-order valence-electron chi connectivity index (χ0n) is 24.6. The lowest BCUT2D eigenvalue weighted by Crippen LogP contribution is -2.55. The second-order valence-corrected chi connectivity index (χ2v) is 11.5. The number of carbonyl (C=O) groups is 1. The summed E-state index contributed by atoms with van der Waals surface area (Å²) in [7, 11) is 1.99. The van der Waals surface area contributed by atoms with Crippen LogP contribution >= 0.6 is 0 Å². The SMILES string of the molecule is CC1CN(c2cc(F)c(C3=CCN(Cc4ccc(F)cc4)CC3)cc2NC(=O)c2c[nH]c(=O)cc2C(F)(F)F)CC(C)N1C. The van der Waals surface area contributed by atoms with Crippen LogP contribution in [0, 0.1) is 11.6 Å². The van der Waals surface area contributed by atoms with Gasteiger partial charge in [0.25, 0.3) is 5.91 Å². The first kappa shape index (κ1) is 31.4. The molecule has 44 heavy (non-hydrogen) atoms. The van der Waals surface area contributed by atoms with Crippen LogP contribution in [-0.2, 0) is 12.7 Å². The third-order valence-corrected chi connectivity index (χ3v) is 8.47. The van der Waals surface area contributed by atoms with Crippen LogP contribution in [0.4, 0.5) is 33.3 Å². The zero-order chi connectivity index (χ0) is 31.8. The first-order valence-electron chi connectivity index (χ1n) is 14.4. The van der Waals surface area contributed by atoms with Gasteiger partial charge < -0.3 is 15.2 Å². The van der Waals surface area contributed by atoms with Gasteiger partial charge in [-0.3, -0.25) is 19.4 Å². The van der Waals surface area contributed by atoms with Gasteiger partial charge >= 0.3 is 6.18 Å². The Morgan fingerprint density at radius 3 is 2.34 bits per heavy atom. The van der Waals surface area contributed by atoms with E-state index in [1.54, 1.807) is 12.1 Å². The van der Waals surface area contributed by atoms with Crippen molar-refractivity contribution in [2.45, 2.75) is 45.1 Å². The highest BCUT2D eigenvalue weighted by atomic mass is 19.4. The quantitative estimate of drug-likeness (QED) is 0.346. The Bertz CT molecular complexity index is 1610. The molecule has 0 radical (unpaired) electrons. The van der Waals surface area contributed by atoms with Crippen LogP contribution in [0.15, 0.2) is 59.5 Å². The fourth-order valence-electron chi connectivity index (χ4n) is 5.80. The molecule has 2 unspecified atom stereocenters. The molecule has 3 heterocycles. The summed E-state index contributed by atoms with van der Waals surface area (Å²) in [4.78, 5) is 33.4. The maximum absolute atomic E-state index is 15.8. The van der Waals surface area contributed by atoms with E-state index in [1.807, 2.05) is 31.9 Å². The van der Waals surface area contributed by atoms with Gasteiger partial charge in [0.15, 0.2) is 0 Å².